The van der Waals surface area contributed by atoms with E-state index in [-0.39, 0.29) is 0 Å². The highest BCUT2D eigenvalue weighted by molar-refractivity contribution is 5.81. The molecule has 1 aromatic carbocycles. The van der Waals surface area contributed by atoms with Crippen LogP contribution in [0, 0.1) is 6.04 Å². The Morgan fingerprint density at radius 2 is 1.32 bits per heavy atom. The minimum atomic E-state index is 0.410. The van der Waals surface area contributed by atoms with Gasteiger partial charge < -0.3 is 15.0 Å². The Bertz CT molecular complexity index is 974. The Hall–Kier alpha value is -2.47. The number of hydrogen-bond acceptors (Lipinski definition) is 5. The number of nitrogens with zero attached hydrogens (tertiary/aromatic N) is 4. The fraction of sp³-hybridized carbons (Fsp3) is 0.613. The third-order valence-electron chi connectivity index (χ3n) is 7.10. The van der Waals surface area contributed by atoms with Crippen molar-refractivity contribution < 1.29 is 4.74 Å². The molecule has 1 radical (unpaired) electrons. The number of fused-ring (bicyclic) bond motifs is 1. The summed E-state index contributed by atoms with van der Waals surface area (Å²) >= 11 is 0. The highest BCUT2D eigenvalue weighted by Crippen LogP contribution is 2.27. The summed E-state index contributed by atoms with van der Waals surface area (Å²) in [5.41, 5.74) is 8.55. The number of nitrogen functional groups attached to an aromatic ring is 1. The van der Waals surface area contributed by atoms with Gasteiger partial charge in [0.2, 0.25) is 0 Å². The Morgan fingerprint density at radius 1 is 0.730 bits per heavy atom. The van der Waals surface area contributed by atoms with Gasteiger partial charge in [0.15, 0.2) is 11.5 Å². The van der Waals surface area contributed by atoms with Gasteiger partial charge in [-0.3, -0.25) is 0 Å². The van der Waals surface area contributed by atoms with Gasteiger partial charge in [0.25, 0.3) is 0 Å². The molecule has 0 fully saturated rings. The molecule has 0 amide bonds. The summed E-state index contributed by atoms with van der Waals surface area (Å²) in [7, 11) is 0. The molecule has 0 spiro atoms. The molecule has 6 heteroatoms. The molecule has 2 aromatic heterocycles. The number of ether oxygens (including phenoxy) is 1. The van der Waals surface area contributed by atoms with Crippen LogP contribution < -0.4 is 5.73 Å². The molecule has 0 aliphatic carbocycles. The standard InChI is InChI=1S/C31H48N5O/c1-2-3-4-5-6-7-8-9-10-11-12-13-14-18-23-37-24-19-22-28(27-20-16-15-17-21-27)36-26-35-29-30(32)33-25-34-31(29)36/h15-17,20-21,25-26H,2-14,18-19,22-24H2,1H3,(H2,32,33,34). The summed E-state index contributed by atoms with van der Waals surface area (Å²) < 4.78 is 8.01. The molecular weight excluding hydrogens is 458 g/mol. The van der Waals surface area contributed by atoms with E-state index in [1.54, 1.807) is 6.33 Å². The second-order valence-electron chi connectivity index (χ2n) is 10.2. The highest BCUT2D eigenvalue weighted by atomic mass is 16.5. The quantitative estimate of drug-likeness (QED) is 0.148. The van der Waals surface area contributed by atoms with Crippen LogP contribution in [0.15, 0.2) is 43.0 Å². The molecule has 6 nitrogen and oxygen atoms in total. The number of aromatic nitrogens is 4. The monoisotopic (exact) mass is 506 g/mol. The molecule has 3 rings (SSSR count). The van der Waals surface area contributed by atoms with Crippen LogP contribution in [-0.2, 0) is 4.74 Å². The normalized spacial score (nSPS) is 11.6. The van der Waals surface area contributed by atoms with Crippen LogP contribution in [0.25, 0.3) is 11.2 Å². The van der Waals surface area contributed by atoms with Crippen molar-refractivity contribution in [2.75, 3.05) is 18.9 Å². The SMILES string of the molecule is CCCCCCCCCCCCCCCCOCCC[C](c1ccccc1)n1cnc2c(N)ncnc21. The second-order valence-corrected chi connectivity index (χ2v) is 10.2. The minimum Gasteiger partial charge on any atom is -0.382 e. The molecule has 0 atom stereocenters. The fourth-order valence-electron chi connectivity index (χ4n) is 4.93. The molecule has 0 bridgehead atoms. The van der Waals surface area contributed by atoms with Crippen LogP contribution in [-0.4, -0.2) is 32.7 Å². The number of imidazole rings is 1. The first-order valence-corrected chi connectivity index (χ1v) is 14.7. The van der Waals surface area contributed by atoms with Crippen LogP contribution in [0.2, 0.25) is 0 Å². The van der Waals surface area contributed by atoms with E-state index in [9.17, 15) is 0 Å². The van der Waals surface area contributed by atoms with Crippen LogP contribution in [0.5, 0.6) is 0 Å². The van der Waals surface area contributed by atoms with Crippen LogP contribution in [0.3, 0.4) is 0 Å². The van der Waals surface area contributed by atoms with Gasteiger partial charge in [0.1, 0.15) is 17.9 Å². The summed E-state index contributed by atoms with van der Waals surface area (Å²) in [6.07, 6.45) is 24.4. The lowest BCUT2D eigenvalue weighted by molar-refractivity contribution is 0.126. The number of hydrogen-bond donors (Lipinski definition) is 1. The predicted octanol–water partition coefficient (Wildman–Crippen LogP) is 8.11. The highest BCUT2D eigenvalue weighted by Gasteiger charge is 2.19. The molecule has 37 heavy (non-hydrogen) atoms. The van der Waals surface area contributed by atoms with Gasteiger partial charge in [-0.25, -0.2) is 15.0 Å². The molecule has 2 heterocycles. The van der Waals surface area contributed by atoms with Crippen molar-refractivity contribution in [3.8, 4) is 0 Å². The van der Waals surface area contributed by atoms with E-state index in [1.165, 1.54) is 89.8 Å². The largest absolute Gasteiger partial charge is 0.382 e. The Kier molecular flexibility index (Phi) is 14.1. The predicted molar refractivity (Wildman–Crippen MR) is 154 cm³/mol. The number of rotatable bonds is 21. The summed E-state index contributed by atoms with van der Waals surface area (Å²) in [6.45, 7) is 3.91. The van der Waals surface area contributed by atoms with Gasteiger partial charge in [-0.1, -0.05) is 121 Å². The van der Waals surface area contributed by atoms with E-state index in [4.69, 9.17) is 10.5 Å². The van der Waals surface area contributed by atoms with E-state index in [0.29, 0.717) is 11.3 Å². The number of anilines is 1. The van der Waals surface area contributed by atoms with E-state index in [1.807, 2.05) is 10.6 Å². The van der Waals surface area contributed by atoms with E-state index in [2.05, 4.69) is 46.1 Å². The second kappa shape index (κ2) is 17.9. The zero-order chi connectivity index (χ0) is 26.0. The smallest absolute Gasteiger partial charge is 0.166 e. The first kappa shape index (κ1) is 29.1. The van der Waals surface area contributed by atoms with Crippen molar-refractivity contribution in [1.29, 1.82) is 0 Å². The maximum atomic E-state index is 6.00. The van der Waals surface area contributed by atoms with E-state index in [0.717, 1.165) is 49.7 Å². The summed E-state index contributed by atoms with van der Waals surface area (Å²) in [6, 6.07) is 11.6. The van der Waals surface area contributed by atoms with Gasteiger partial charge in [-0.05, 0) is 24.8 Å². The molecule has 0 aliphatic rings. The number of benzene rings is 1. The van der Waals surface area contributed by atoms with Gasteiger partial charge in [-0.15, -0.1) is 0 Å². The average Bonchev–Trinajstić information content (AvgIpc) is 3.36. The molecule has 0 saturated carbocycles. The molecule has 0 saturated heterocycles. The van der Waals surface area contributed by atoms with Crippen molar-refractivity contribution in [1.82, 2.24) is 19.5 Å². The number of unbranched alkanes of at least 4 members (excludes halogenated alkanes) is 13. The molecular formula is C31H48N5O. The van der Waals surface area contributed by atoms with Crippen molar-refractivity contribution in [2.45, 2.75) is 110 Å². The molecule has 0 aliphatic heterocycles. The first-order chi connectivity index (χ1) is 18.3. The maximum absolute atomic E-state index is 6.00. The topological polar surface area (TPSA) is 78.9 Å². The lowest BCUT2D eigenvalue weighted by Crippen LogP contribution is -2.13. The molecule has 2 N–H and O–H groups in total. The van der Waals surface area contributed by atoms with E-state index >= 15 is 0 Å². The van der Waals surface area contributed by atoms with Gasteiger partial charge in [0, 0.05) is 13.2 Å². The van der Waals surface area contributed by atoms with E-state index < -0.39 is 0 Å². The molecule has 0 unspecified atom stereocenters. The zero-order valence-corrected chi connectivity index (χ0v) is 23.0. The van der Waals surface area contributed by atoms with Crippen molar-refractivity contribution in [3.05, 3.63) is 54.6 Å². The first-order valence-electron chi connectivity index (χ1n) is 14.7. The average molecular weight is 507 g/mol. The van der Waals surface area contributed by atoms with Gasteiger partial charge in [-0.2, -0.15) is 0 Å². The van der Waals surface area contributed by atoms with Crippen LogP contribution >= 0.6 is 0 Å². The van der Waals surface area contributed by atoms with Crippen LogP contribution in [0.4, 0.5) is 5.82 Å². The molecule has 203 valence electrons. The lowest BCUT2D eigenvalue weighted by atomic mass is 10.0. The Balaban J connectivity index is 1.24. The zero-order valence-electron chi connectivity index (χ0n) is 23.0. The van der Waals surface area contributed by atoms with Crippen molar-refractivity contribution in [3.63, 3.8) is 0 Å². The Morgan fingerprint density at radius 3 is 1.97 bits per heavy atom. The van der Waals surface area contributed by atoms with Gasteiger partial charge in [0.05, 0.1) is 6.33 Å². The van der Waals surface area contributed by atoms with Gasteiger partial charge >= 0.3 is 0 Å². The molecule has 3 aromatic rings. The fourth-order valence-corrected chi connectivity index (χ4v) is 4.93. The third kappa shape index (κ3) is 10.4. The summed E-state index contributed by atoms with van der Waals surface area (Å²) in [4.78, 5) is 13.0. The van der Waals surface area contributed by atoms with Crippen molar-refractivity contribution in [2.24, 2.45) is 0 Å². The summed E-state index contributed by atoms with van der Waals surface area (Å²) in [5.74, 6) is 0.410. The maximum Gasteiger partial charge on any atom is 0.166 e. The lowest BCUT2D eigenvalue weighted by Gasteiger charge is -2.18. The van der Waals surface area contributed by atoms with Crippen molar-refractivity contribution >= 4 is 17.0 Å². The Labute approximate surface area is 224 Å². The number of nitrogens with two attached hydrogens (primary N) is 1. The minimum absolute atomic E-state index is 0.410. The van der Waals surface area contributed by atoms with Crippen LogP contribution in [0.1, 0.15) is 115 Å². The summed E-state index contributed by atoms with van der Waals surface area (Å²) in [5, 5.41) is 0. The third-order valence-corrected chi connectivity index (χ3v) is 7.10.